The van der Waals surface area contributed by atoms with Crippen molar-refractivity contribution in [1.29, 1.82) is 0 Å². The molecule has 0 radical (unpaired) electrons. The third-order valence-electron chi connectivity index (χ3n) is 4.87. The van der Waals surface area contributed by atoms with Crippen molar-refractivity contribution in [3.8, 4) is 0 Å². The van der Waals surface area contributed by atoms with Gasteiger partial charge >= 0.3 is 0 Å². The summed E-state index contributed by atoms with van der Waals surface area (Å²) < 4.78 is 8.50. The number of rotatable bonds is 2. The van der Waals surface area contributed by atoms with Crippen LogP contribution in [0.1, 0.15) is 13.0 Å². The molecule has 0 spiro atoms. The minimum Gasteiger partial charge on any atom is -0.378 e. The number of nitrogens with zero attached hydrogens (tertiary/aromatic N) is 4. The zero-order valence-corrected chi connectivity index (χ0v) is 14.3. The number of ether oxygens (including phenoxy) is 1. The van der Waals surface area contributed by atoms with E-state index in [4.69, 9.17) is 4.74 Å². The van der Waals surface area contributed by atoms with Crippen molar-refractivity contribution < 1.29 is 9.53 Å². The van der Waals surface area contributed by atoms with Gasteiger partial charge in [-0.2, -0.15) is 5.10 Å². The summed E-state index contributed by atoms with van der Waals surface area (Å²) in [7, 11) is 1.62. The predicted molar refractivity (Wildman–Crippen MR) is 94.6 cm³/mol. The molecule has 0 saturated carbocycles. The molecule has 25 heavy (non-hydrogen) atoms. The van der Waals surface area contributed by atoms with E-state index in [2.05, 4.69) is 5.10 Å². The number of aromatic nitrogens is 3. The number of fused-ring (bicyclic) bond motifs is 3. The van der Waals surface area contributed by atoms with Gasteiger partial charge in [0.1, 0.15) is 11.6 Å². The Labute approximate surface area is 144 Å². The fourth-order valence-electron chi connectivity index (χ4n) is 3.55. The summed E-state index contributed by atoms with van der Waals surface area (Å²) in [6.45, 7) is 4.12. The van der Waals surface area contributed by atoms with E-state index in [1.165, 1.54) is 4.68 Å². The second kappa shape index (κ2) is 6.00. The Kier molecular flexibility index (Phi) is 3.80. The van der Waals surface area contributed by atoms with Crippen LogP contribution < -0.4 is 5.56 Å². The first-order valence-corrected chi connectivity index (χ1v) is 8.41. The maximum absolute atomic E-state index is 13.0. The van der Waals surface area contributed by atoms with Crippen molar-refractivity contribution in [1.82, 2.24) is 19.2 Å². The standard InChI is InChI=1S/C18H20N4O3/c1-12(17(23)21-7-9-25-10-8-21)22-15-6-4-3-5-13(15)14-11-19-20(2)18(24)16(14)22/h3-6,11-12H,7-10H2,1-2H3. The maximum atomic E-state index is 13.0. The average Bonchev–Trinajstić information content (AvgIpc) is 2.99. The first-order chi connectivity index (χ1) is 12.1. The third kappa shape index (κ3) is 2.42. The van der Waals surface area contributed by atoms with E-state index < -0.39 is 6.04 Å². The van der Waals surface area contributed by atoms with E-state index in [0.29, 0.717) is 31.8 Å². The largest absolute Gasteiger partial charge is 0.378 e. The first kappa shape index (κ1) is 15.8. The summed E-state index contributed by atoms with van der Waals surface area (Å²) in [4.78, 5) is 27.6. The maximum Gasteiger partial charge on any atom is 0.291 e. The first-order valence-electron chi connectivity index (χ1n) is 8.41. The van der Waals surface area contributed by atoms with Gasteiger partial charge in [0, 0.05) is 30.9 Å². The van der Waals surface area contributed by atoms with Crippen LogP contribution in [0.3, 0.4) is 0 Å². The van der Waals surface area contributed by atoms with E-state index >= 15 is 0 Å². The number of aryl methyl sites for hydroxylation is 1. The van der Waals surface area contributed by atoms with Crippen molar-refractivity contribution in [2.24, 2.45) is 7.05 Å². The van der Waals surface area contributed by atoms with Crippen LogP contribution in [0.2, 0.25) is 0 Å². The summed E-state index contributed by atoms with van der Waals surface area (Å²) in [5, 5.41) is 5.86. The number of para-hydroxylation sites is 1. The summed E-state index contributed by atoms with van der Waals surface area (Å²) >= 11 is 0. The lowest BCUT2D eigenvalue weighted by molar-refractivity contribution is -0.138. The topological polar surface area (TPSA) is 69.4 Å². The minimum atomic E-state index is -0.476. The number of amides is 1. The van der Waals surface area contributed by atoms with Crippen molar-refractivity contribution >= 4 is 27.7 Å². The van der Waals surface area contributed by atoms with Gasteiger partial charge in [0.05, 0.1) is 24.9 Å². The van der Waals surface area contributed by atoms with Crippen LogP contribution in [0.4, 0.5) is 0 Å². The Hall–Kier alpha value is -2.67. The van der Waals surface area contributed by atoms with Gasteiger partial charge in [-0.1, -0.05) is 18.2 Å². The molecule has 7 nitrogen and oxygen atoms in total. The molecule has 1 unspecified atom stereocenters. The molecule has 3 aromatic rings. The zero-order valence-electron chi connectivity index (χ0n) is 14.3. The molecule has 4 rings (SSSR count). The number of benzene rings is 1. The zero-order chi connectivity index (χ0) is 17.6. The Bertz CT molecular complexity index is 1010. The highest BCUT2D eigenvalue weighted by Gasteiger charge is 2.27. The van der Waals surface area contributed by atoms with Crippen LogP contribution in [0, 0.1) is 0 Å². The third-order valence-corrected chi connectivity index (χ3v) is 4.87. The van der Waals surface area contributed by atoms with Gasteiger partial charge in [-0.05, 0) is 13.0 Å². The fourth-order valence-corrected chi connectivity index (χ4v) is 3.55. The molecule has 0 bridgehead atoms. The van der Waals surface area contributed by atoms with Crippen LogP contribution >= 0.6 is 0 Å². The van der Waals surface area contributed by atoms with E-state index in [0.717, 1.165) is 16.3 Å². The van der Waals surface area contributed by atoms with E-state index in [1.54, 1.807) is 18.1 Å². The fraction of sp³-hybridized carbons (Fsp3) is 0.389. The van der Waals surface area contributed by atoms with Crippen molar-refractivity contribution in [2.75, 3.05) is 26.3 Å². The van der Waals surface area contributed by atoms with E-state index in [-0.39, 0.29) is 11.5 Å². The number of carbonyl (C=O) groups is 1. The molecule has 3 heterocycles. The van der Waals surface area contributed by atoms with Gasteiger partial charge in [-0.15, -0.1) is 0 Å². The summed E-state index contributed by atoms with van der Waals surface area (Å²) in [5.41, 5.74) is 1.19. The molecule has 1 saturated heterocycles. The Balaban J connectivity index is 1.94. The molecular formula is C18H20N4O3. The second-order valence-electron chi connectivity index (χ2n) is 6.34. The highest BCUT2D eigenvalue weighted by Crippen LogP contribution is 2.30. The highest BCUT2D eigenvalue weighted by atomic mass is 16.5. The molecular weight excluding hydrogens is 320 g/mol. The van der Waals surface area contributed by atoms with Gasteiger partial charge in [0.15, 0.2) is 0 Å². The highest BCUT2D eigenvalue weighted by molar-refractivity contribution is 6.08. The SMILES string of the molecule is CC(C(=O)N1CCOCC1)n1c2ccccc2c2cnn(C)c(=O)c21. The minimum absolute atomic E-state index is 0.00446. The molecule has 2 aromatic heterocycles. The van der Waals surface area contributed by atoms with Crippen LogP contribution in [0.5, 0.6) is 0 Å². The van der Waals surface area contributed by atoms with Gasteiger partial charge < -0.3 is 14.2 Å². The Morgan fingerprint density at radius 1 is 1.20 bits per heavy atom. The van der Waals surface area contributed by atoms with Crippen LogP contribution in [0.15, 0.2) is 35.3 Å². The lowest BCUT2D eigenvalue weighted by Crippen LogP contribution is -2.43. The molecule has 130 valence electrons. The van der Waals surface area contributed by atoms with Gasteiger partial charge in [0.2, 0.25) is 5.91 Å². The lowest BCUT2D eigenvalue weighted by Gasteiger charge is -2.30. The molecule has 0 N–H and O–H groups in total. The number of morpholine rings is 1. The average molecular weight is 340 g/mol. The van der Waals surface area contributed by atoms with Gasteiger partial charge in [-0.3, -0.25) is 9.59 Å². The Morgan fingerprint density at radius 2 is 1.92 bits per heavy atom. The molecule has 7 heteroatoms. The lowest BCUT2D eigenvalue weighted by atomic mass is 10.2. The number of hydrogen-bond acceptors (Lipinski definition) is 4. The molecule has 1 amide bonds. The number of carbonyl (C=O) groups excluding carboxylic acids is 1. The number of hydrogen-bond donors (Lipinski definition) is 0. The van der Waals surface area contributed by atoms with Crippen molar-refractivity contribution in [3.63, 3.8) is 0 Å². The normalized spacial score (nSPS) is 16.5. The molecule has 1 atom stereocenters. The molecule has 1 aliphatic rings. The molecule has 0 aliphatic carbocycles. The summed E-state index contributed by atoms with van der Waals surface area (Å²) in [6, 6.07) is 7.27. The van der Waals surface area contributed by atoms with Crippen LogP contribution in [0.25, 0.3) is 21.8 Å². The van der Waals surface area contributed by atoms with Crippen LogP contribution in [-0.4, -0.2) is 51.5 Å². The monoisotopic (exact) mass is 340 g/mol. The molecule has 1 fully saturated rings. The smallest absolute Gasteiger partial charge is 0.291 e. The molecule has 1 aliphatic heterocycles. The van der Waals surface area contributed by atoms with Crippen LogP contribution in [-0.2, 0) is 16.6 Å². The van der Waals surface area contributed by atoms with Crippen molar-refractivity contribution in [3.05, 3.63) is 40.8 Å². The van der Waals surface area contributed by atoms with Crippen molar-refractivity contribution in [2.45, 2.75) is 13.0 Å². The van der Waals surface area contributed by atoms with Gasteiger partial charge in [-0.25, -0.2) is 4.68 Å². The summed E-state index contributed by atoms with van der Waals surface area (Å²) in [5.74, 6) is 0.00446. The Morgan fingerprint density at radius 3 is 2.68 bits per heavy atom. The summed E-state index contributed by atoms with van der Waals surface area (Å²) in [6.07, 6.45) is 1.70. The molecule has 1 aromatic carbocycles. The van der Waals surface area contributed by atoms with E-state index in [9.17, 15) is 9.59 Å². The second-order valence-corrected chi connectivity index (χ2v) is 6.34. The van der Waals surface area contributed by atoms with E-state index in [1.807, 2.05) is 35.8 Å². The predicted octanol–water partition coefficient (Wildman–Crippen LogP) is 1.31. The van der Waals surface area contributed by atoms with Gasteiger partial charge in [0.25, 0.3) is 5.56 Å². The quantitative estimate of drug-likeness (QED) is 0.705.